The van der Waals surface area contributed by atoms with Crippen LogP contribution in [0.2, 0.25) is 0 Å². The molecule has 4 rings (SSSR count). The molecule has 9 heteroatoms. The van der Waals surface area contributed by atoms with Crippen molar-refractivity contribution in [3.63, 3.8) is 0 Å². The van der Waals surface area contributed by atoms with Gasteiger partial charge in [-0.2, -0.15) is 5.10 Å². The molecule has 1 aliphatic heterocycles. The molecule has 0 spiro atoms. The number of aromatic nitrogens is 2. The molecule has 1 aromatic heterocycles. The Hall–Kier alpha value is -3.85. The molecule has 3 N–H and O–H groups in total. The van der Waals surface area contributed by atoms with Crippen LogP contribution in [0.5, 0.6) is 11.5 Å². The van der Waals surface area contributed by atoms with E-state index in [1.165, 1.54) is 0 Å². The Morgan fingerprint density at radius 2 is 1.94 bits per heavy atom. The number of nitrogens with zero attached hydrogens (tertiary/aromatic N) is 3. The van der Waals surface area contributed by atoms with Gasteiger partial charge in [-0.15, -0.1) is 0 Å². The number of hydrogen-bond acceptors (Lipinski definition) is 6. The summed E-state index contributed by atoms with van der Waals surface area (Å²) in [5, 5.41) is 7.78. The van der Waals surface area contributed by atoms with Gasteiger partial charge in [0.05, 0.1) is 31.4 Å². The SMILES string of the molecule is COc1ccc(OC)c(-c2nn(-c3ccccc3)cc2C(=O)NCCCN2CCCC(C(N)=O)C2)c1. The number of primary amides is 1. The second kappa shape index (κ2) is 11.7. The van der Waals surface area contributed by atoms with Crippen molar-refractivity contribution in [3.05, 3.63) is 60.3 Å². The van der Waals surface area contributed by atoms with Crippen molar-refractivity contribution in [2.45, 2.75) is 19.3 Å². The first kappa shape index (κ1) is 25.2. The zero-order chi connectivity index (χ0) is 25.5. The van der Waals surface area contributed by atoms with Crippen molar-refractivity contribution in [2.24, 2.45) is 11.7 Å². The average molecular weight is 492 g/mol. The molecule has 2 heterocycles. The Bertz CT molecular complexity index is 1190. The number of amides is 2. The molecule has 3 aromatic rings. The molecule has 0 bridgehead atoms. The number of carbonyl (C=O) groups is 2. The second-order valence-electron chi connectivity index (χ2n) is 8.89. The van der Waals surface area contributed by atoms with Gasteiger partial charge in [-0.05, 0) is 62.7 Å². The smallest absolute Gasteiger partial charge is 0.255 e. The normalized spacial score (nSPS) is 15.9. The lowest BCUT2D eigenvalue weighted by Gasteiger charge is -2.31. The summed E-state index contributed by atoms with van der Waals surface area (Å²) in [4.78, 5) is 27.1. The summed E-state index contributed by atoms with van der Waals surface area (Å²) in [6.07, 6.45) is 4.32. The minimum Gasteiger partial charge on any atom is -0.497 e. The number of methoxy groups -OCH3 is 2. The first-order valence-electron chi connectivity index (χ1n) is 12.2. The summed E-state index contributed by atoms with van der Waals surface area (Å²) < 4.78 is 12.7. The van der Waals surface area contributed by atoms with E-state index in [2.05, 4.69) is 10.2 Å². The number of benzene rings is 2. The van der Waals surface area contributed by atoms with Crippen LogP contribution in [0.3, 0.4) is 0 Å². The van der Waals surface area contributed by atoms with E-state index in [0.29, 0.717) is 41.4 Å². The number of likely N-dealkylation sites (tertiary alicyclic amines) is 1. The molecule has 1 atom stereocenters. The van der Waals surface area contributed by atoms with Crippen LogP contribution in [0.4, 0.5) is 0 Å². The summed E-state index contributed by atoms with van der Waals surface area (Å²) in [6.45, 7) is 2.93. The molecular weight excluding hydrogens is 458 g/mol. The molecule has 0 aliphatic carbocycles. The third-order valence-electron chi connectivity index (χ3n) is 6.49. The van der Waals surface area contributed by atoms with Crippen LogP contribution in [-0.4, -0.2) is 66.9 Å². The third-order valence-corrected chi connectivity index (χ3v) is 6.49. The monoisotopic (exact) mass is 491 g/mol. The van der Waals surface area contributed by atoms with Crippen LogP contribution in [0.1, 0.15) is 29.6 Å². The van der Waals surface area contributed by atoms with Gasteiger partial charge >= 0.3 is 0 Å². The molecule has 0 saturated carbocycles. The van der Waals surface area contributed by atoms with Crippen LogP contribution in [-0.2, 0) is 4.79 Å². The van der Waals surface area contributed by atoms with E-state index >= 15 is 0 Å². The fourth-order valence-corrected chi connectivity index (χ4v) is 4.54. The van der Waals surface area contributed by atoms with Crippen molar-refractivity contribution < 1.29 is 19.1 Å². The van der Waals surface area contributed by atoms with Gasteiger partial charge in [0.15, 0.2) is 0 Å². The lowest BCUT2D eigenvalue weighted by atomic mass is 9.97. The van der Waals surface area contributed by atoms with Crippen LogP contribution >= 0.6 is 0 Å². The number of piperidine rings is 1. The van der Waals surface area contributed by atoms with E-state index in [0.717, 1.165) is 38.0 Å². The summed E-state index contributed by atoms with van der Waals surface area (Å²) >= 11 is 0. The fourth-order valence-electron chi connectivity index (χ4n) is 4.54. The van der Waals surface area contributed by atoms with Crippen LogP contribution < -0.4 is 20.5 Å². The summed E-state index contributed by atoms with van der Waals surface area (Å²) in [5.74, 6) is 0.701. The quantitative estimate of drug-likeness (QED) is 0.422. The van der Waals surface area contributed by atoms with E-state index in [1.807, 2.05) is 36.4 Å². The van der Waals surface area contributed by atoms with E-state index in [9.17, 15) is 9.59 Å². The summed E-state index contributed by atoms with van der Waals surface area (Å²) in [7, 11) is 3.18. The molecule has 2 aromatic carbocycles. The number of carbonyl (C=O) groups excluding carboxylic acids is 2. The molecule has 1 aliphatic rings. The molecule has 36 heavy (non-hydrogen) atoms. The molecule has 1 unspecified atom stereocenters. The maximum Gasteiger partial charge on any atom is 0.255 e. The largest absolute Gasteiger partial charge is 0.497 e. The fraction of sp³-hybridized carbons (Fsp3) is 0.370. The predicted molar refractivity (Wildman–Crippen MR) is 137 cm³/mol. The highest BCUT2D eigenvalue weighted by atomic mass is 16.5. The van der Waals surface area contributed by atoms with Gasteiger partial charge in [-0.1, -0.05) is 18.2 Å². The molecule has 190 valence electrons. The number of para-hydroxylation sites is 1. The zero-order valence-electron chi connectivity index (χ0n) is 20.8. The average Bonchev–Trinajstić information content (AvgIpc) is 3.37. The molecule has 0 radical (unpaired) electrons. The molecule has 1 saturated heterocycles. The lowest BCUT2D eigenvalue weighted by Crippen LogP contribution is -2.42. The van der Waals surface area contributed by atoms with Gasteiger partial charge in [0, 0.05) is 24.8 Å². The second-order valence-corrected chi connectivity index (χ2v) is 8.89. The summed E-state index contributed by atoms with van der Waals surface area (Å²) in [5.41, 5.74) is 7.95. The van der Waals surface area contributed by atoms with Crippen molar-refractivity contribution in [1.82, 2.24) is 20.0 Å². The van der Waals surface area contributed by atoms with Crippen LogP contribution in [0, 0.1) is 5.92 Å². The Kier molecular flexibility index (Phi) is 8.22. The molecule has 9 nitrogen and oxygen atoms in total. The Morgan fingerprint density at radius 1 is 1.14 bits per heavy atom. The third kappa shape index (κ3) is 5.85. The molecular formula is C27H33N5O4. The first-order chi connectivity index (χ1) is 17.5. The zero-order valence-corrected chi connectivity index (χ0v) is 20.8. The highest BCUT2D eigenvalue weighted by Crippen LogP contribution is 2.35. The van der Waals surface area contributed by atoms with Gasteiger partial charge in [-0.3, -0.25) is 9.59 Å². The Balaban J connectivity index is 1.52. The van der Waals surface area contributed by atoms with Gasteiger partial charge in [0.2, 0.25) is 5.91 Å². The van der Waals surface area contributed by atoms with Gasteiger partial charge in [0.1, 0.15) is 17.2 Å². The minimum atomic E-state index is -0.232. The Morgan fingerprint density at radius 3 is 2.67 bits per heavy atom. The van der Waals surface area contributed by atoms with E-state index in [-0.39, 0.29) is 17.7 Å². The number of nitrogens with two attached hydrogens (primary N) is 1. The molecule has 2 amide bonds. The van der Waals surface area contributed by atoms with Crippen molar-refractivity contribution >= 4 is 11.8 Å². The van der Waals surface area contributed by atoms with Crippen molar-refractivity contribution in [2.75, 3.05) is 40.4 Å². The van der Waals surface area contributed by atoms with E-state index in [4.69, 9.17) is 20.3 Å². The van der Waals surface area contributed by atoms with Crippen molar-refractivity contribution in [1.29, 1.82) is 0 Å². The maximum atomic E-state index is 13.3. The maximum absolute atomic E-state index is 13.3. The highest BCUT2D eigenvalue weighted by Gasteiger charge is 2.24. The first-order valence-corrected chi connectivity index (χ1v) is 12.2. The van der Waals surface area contributed by atoms with Crippen molar-refractivity contribution in [3.8, 4) is 28.4 Å². The standard InChI is InChI=1S/C27H33N5O4/c1-35-21-11-12-24(36-2)22(16-21)25-23(18-32(30-25)20-9-4-3-5-10-20)27(34)29-13-7-15-31-14-6-8-19(17-31)26(28)33/h3-5,9-12,16,18-19H,6-8,13-15,17H2,1-2H3,(H2,28,33)(H,29,34). The number of hydrogen-bond donors (Lipinski definition) is 2. The lowest BCUT2D eigenvalue weighted by molar-refractivity contribution is -0.123. The summed E-state index contributed by atoms with van der Waals surface area (Å²) in [6, 6.07) is 15.1. The highest BCUT2D eigenvalue weighted by molar-refractivity contribution is 6.00. The Labute approximate surface area is 211 Å². The van der Waals surface area contributed by atoms with E-state index < -0.39 is 0 Å². The van der Waals surface area contributed by atoms with Gasteiger partial charge < -0.3 is 25.4 Å². The van der Waals surface area contributed by atoms with Crippen LogP contribution in [0.15, 0.2) is 54.7 Å². The molecule has 1 fully saturated rings. The van der Waals surface area contributed by atoms with Gasteiger partial charge in [0.25, 0.3) is 5.91 Å². The minimum absolute atomic E-state index is 0.0856. The number of rotatable bonds is 10. The number of nitrogens with one attached hydrogen (secondary N) is 1. The predicted octanol–water partition coefficient (Wildman–Crippen LogP) is 2.87. The van der Waals surface area contributed by atoms with Gasteiger partial charge in [-0.25, -0.2) is 4.68 Å². The topological polar surface area (TPSA) is 112 Å². The van der Waals surface area contributed by atoms with E-state index in [1.54, 1.807) is 37.2 Å². The number of ether oxygens (including phenoxy) is 2. The van der Waals surface area contributed by atoms with Crippen LogP contribution in [0.25, 0.3) is 16.9 Å².